The Morgan fingerprint density at radius 3 is 2.53 bits per heavy atom. The number of hydrogen-bond acceptors (Lipinski definition) is 7. The molecular formula is C28H22BrIN2O5S. The average molecular weight is 705 g/mol. The zero-order chi connectivity index (χ0) is 26.8. The summed E-state index contributed by atoms with van der Waals surface area (Å²) < 4.78 is 20.4. The molecule has 4 aromatic rings. The Bertz CT molecular complexity index is 1680. The highest BCUT2D eigenvalue weighted by Crippen LogP contribution is 2.35. The highest BCUT2D eigenvalue weighted by Gasteiger charge is 2.35. The highest BCUT2D eigenvalue weighted by atomic mass is 127. The van der Waals surface area contributed by atoms with Gasteiger partial charge >= 0.3 is 5.97 Å². The Hall–Kier alpha value is -2.96. The van der Waals surface area contributed by atoms with Crippen molar-refractivity contribution in [3.63, 3.8) is 0 Å². The van der Waals surface area contributed by atoms with Crippen LogP contribution in [0.4, 0.5) is 0 Å². The first kappa shape index (κ1) is 26.6. The van der Waals surface area contributed by atoms with E-state index in [0.717, 1.165) is 15.6 Å². The fourth-order valence-corrected chi connectivity index (χ4v) is 5.93. The molecule has 10 heteroatoms. The quantitative estimate of drug-likeness (QED) is 0.193. The number of nitrogens with zero attached hydrogens (tertiary/aromatic N) is 2. The fourth-order valence-electron chi connectivity index (χ4n) is 4.23. The second-order valence-electron chi connectivity index (χ2n) is 8.20. The van der Waals surface area contributed by atoms with E-state index in [2.05, 4.69) is 38.5 Å². The molecule has 1 atom stereocenters. The normalized spacial score (nSPS) is 15.3. The lowest BCUT2D eigenvalue weighted by Crippen LogP contribution is -2.40. The number of furan rings is 1. The molecule has 0 aliphatic carbocycles. The summed E-state index contributed by atoms with van der Waals surface area (Å²) in [6.45, 7) is 4.39. The van der Waals surface area contributed by atoms with E-state index in [1.165, 1.54) is 11.3 Å². The molecule has 0 fully saturated rings. The van der Waals surface area contributed by atoms with Gasteiger partial charge in [0.1, 0.15) is 11.5 Å². The first-order valence-corrected chi connectivity index (χ1v) is 14.6. The molecule has 3 heterocycles. The summed E-state index contributed by atoms with van der Waals surface area (Å²) in [5.41, 5.74) is 2.00. The smallest absolute Gasteiger partial charge is 0.338 e. The number of halogens is 2. The number of thiazole rings is 1. The fraction of sp³-hybridized carbons (Fsp3) is 0.179. The minimum Gasteiger partial charge on any atom is -0.494 e. The van der Waals surface area contributed by atoms with Gasteiger partial charge in [-0.3, -0.25) is 9.36 Å². The molecule has 0 N–H and O–H groups in total. The summed E-state index contributed by atoms with van der Waals surface area (Å²) in [4.78, 5) is 32.7. The summed E-state index contributed by atoms with van der Waals surface area (Å²) in [5.74, 6) is 0.719. The lowest BCUT2D eigenvalue weighted by Gasteiger charge is -2.26. The van der Waals surface area contributed by atoms with Crippen molar-refractivity contribution in [3.8, 4) is 5.75 Å². The van der Waals surface area contributed by atoms with Crippen LogP contribution in [0.1, 0.15) is 36.8 Å². The second-order valence-corrected chi connectivity index (χ2v) is 11.0. The van der Waals surface area contributed by atoms with E-state index in [1.54, 1.807) is 17.6 Å². The number of ether oxygens (including phenoxy) is 2. The SMILES string of the molecule is CCOC(=O)C1=C(c2ccccc2)N=c2s/c(=C/c3cc(Br)c(I)o3)c(=O)n2[C@@H]1c1ccc(OCC)cc1. The van der Waals surface area contributed by atoms with Gasteiger partial charge in [0.15, 0.2) is 8.57 Å². The number of carbonyl (C=O) groups is 1. The number of rotatable bonds is 7. The third-order valence-electron chi connectivity index (χ3n) is 5.82. The van der Waals surface area contributed by atoms with Gasteiger partial charge in [0.2, 0.25) is 0 Å². The molecule has 38 heavy (non-hydrogen) atoms. The molecule has 194 valence electrons. The van der Waals surface area contributed by atoms with Crippen LogP contribution in [-0.4, -0.2) is 23.8 Å². The minimum atomic E-state index is -0.748. The van der Waals surface area contributed by atoms with E-state index in [1.807, 2.05) is 67.6 Å². The summed E-state index contributed by atoms with van der Waals surface area (Å²) in [6, 6.07) is 17.9. The van der Waals surface area contributed by atoms with Crippen molar-refractivity contribution >= 4 is 67.6 Å². The molecule has 0 unspecified atom stereocenters. The van der Waals surface area contributed by atoms with Crippen LogP contribution in [0.25, 0.3) is 11.8 Å². The number of carbonyl (C=O) groups excluding carboxylic acids is 1. The number of esters is 1. The molecule has 0 spiro atoms. The van der Waals surface area contributed by atoms with Gasteiger partial charge in [0, 0.05) is 34.2 Å². The Kier molecular flexibility index (Phi) is 8.01. The number of aromatic nitrogens is 1. The van der Waals surface area contributed by atoms with Gasteiger partial charge in [-0.25, -0.2) is 9.79 Å². The van der Waals surface area contributed by atoms with Gasteiger partial charge in [-0.2, -0.15) is 0 Å². The van der Waals surface area contributed by atoms with E-state index in [9.17, 15) is 9.59 Å². The van der Waals surface area contributed by atoms with Crippen LogP contribution in [0.2, 0.25) is 0 Å². The van der Waals surface area contributed by atoms with Crippen molar-refractivity contribution in [1.29, 1.82) is 0 Å². The molecule has 1 aliphatic heterocycles. The predicted octanol–water partition coefficient (Wildman–Crippen LogP) is 5.29. The van der Waals surface area contributed by atoms with E-state index < -0.39 is 12.0 Å². The molecule has 0 saturated carbocycles. The highest BCUT2D eigenvalue weighted by molar-refractivity contribution is 14.1. The molecule has 0 radical (unpaired) electrons. The van der Waals surface area contributed by atoms with Gasteiger partial charge in [0.25, 0.3) is 5.56 Å². The monoisotopic (exact) mass is 704 g/mol. The maximum Gasteiger partial charge on any atom is 0.338 e. The van der Waals surface area contributed by atoms with Gasteiger partial charge in [-0.1, -0.05) is 53.8 Å². The van der Waals surface area contributed by atoms with E-state index >= 15 is 0 Å². The summed E-state index contributed by atoms with van der Waals surface area (Å²) in [7, 11) is 0. The summed E-state index contributed by atoms with van der Waals surface area (Å²) >= 11 is 6.77. The molecule has 5 rings (SSSR count). The maximum absolute atomic E-state index is 13.9. The Morgan fingerprint density at radius 2 is 1.89 bits per heavy atom. The first-order valence-electron chi connectivity index (χ1n) is 11.9. The van der Waals surface area contributed by atoms with E-state index in [4.69, 9.17) is 18.9 Å². The molecule has 2 aromatic heterocycles. The van der Waals surface area contributed by atoms with E-state index in [-0.39, 0.29) is 12.2 Å². The lowest BCUT2D eigenvalue weighted by atomic mass is 9.93. The summed E-state index contributed by atoms with van der Waals surface area (Å²) in [6.07, 6.45) is 1.70. The zero-order valence-corrected chi connectivity index (χ0v) is 25.0. The molecule has 0 bridgehead atoms. The summed E-state index contributed by atoms with van der Waals surface area (Å²) in [5, 5.41) is 0. The van der Waals surface area contributed by atoms with Crippen molar-refractivity contribution in [1.82, 2.24) is 4.57 Å². The van der Waals surface area contributed by atoms with Crippen LogP contribution < -0.4 is 19.6 Å². The Morgan fingerprint density at radius 1 is 1.16 bits per heavy atom. The van der Waals surface area contributed by atoms with Gasteiger partial charge < -0.3 is 13.9 Å². The Balaban J connectivity index is 1.80. The van der Waals surface area contributed by atoms with Crippen LogP contribution in [0.5, 0.6) is 5.75 Å². The third kappa shape index (κ3) is 5.16. The van der Waals surface area contributed by atoms with Crippen molar-refractivity contribution < 1.29 is 18.7 Å². The molecular weight excluding hydrogens is 683 g/mol. The van der Waals surface area contributed by atoms with Gasteiger partial charge in [-0.15, -0.1) is 0 Å². The van der Waals surface area contributed by atoms with Crippen LogP contribution >= 0.6 is 49.9 Å². The molecule has 0 saturated heterocycles. The number of benzene rings is 2. The Labute approximate surface area is 244 Å². The van der Waals surface area contributed by atoms with Crippen molar-refractivity contribution in [2.45, 2.75) is 19.9 Å². The standard InChI is InChI=1S/C28H22BrIN2O5S/c1-3-35-18-12-10-17(11-13-18)24-22(27(34)36-4-2)23(16-8-6-5-7-9-16)31-28-32(24)26(33)21(38-28)15-19-14-20(29)25(30)37-19/h5-15,24H,3-4H2,1-2H3/b21-15+/t24-/m1/s1. The van der Waals surface area contributed by atoms with Crippen LogP contribution in [0.15, 0.2) is 84.9 Å². The maximum atomic E-state index is 13.9. The lowest BCUT2D eigenvalue weighted by molar-refractivity contribution is -0.138. The molecule has 2 aromatic carbocycles. The van der Waals surface area contributed by atoms with Crippen LogP contribution in [-0.2, 0) is 9.53 Å². The van der Waals surface area contributed by atoms with Crippen LogP contribution in [0.3, 0.4) is 0 Å². The topological polar surface area (TPSA) is 83.0 Å². The number of fused-ring (bicyclic) bond motifs is 1. The van der Waals surface area contributed by atoms with Crippen molar-refractivity contribution in [3.05, 3.63) is 111 Å². The van der Waals surface area contributed by atoms with Crippen molar-refractivity contribution in [2.24, 2.45) is 4.99 Å². The van der Waals surface area contributed by atoms with Gasteiger partial charge in [-0.05, 0) is 53.5 Å². The second kappa shape index (κ2) is 11.4. The molecule has 0 amide bonds. The molecule has 1 aliphatic rings. The number of hydrogen-bond donors (Lipinski definition) is 0. The zero-order valence-electron chi connectivity index (χ0n) is 20.4. The average Bonchev–Trinajstić information content (AvgIpc) is 3.41. The van der Waals surface area contributed by atoms with Gasteiger partial charge in [0.05, 0.1) is 39.5 Å². The van der Waals surface area contributed by atoms with Crippen LogP contribution in [0, 0.1) is 3.77 Å². The van der Waals surface area contributed by atoms with Crippen molar-refractivity contribution in [2.75, 3.05) is 13.2 Å². The third-order valence-corrected chi connectivity index (χ3v) is 8.93. The molecule has 7 nitrogen and oxygen atoms in total. The first-order chi connectivity index (χ1) is 18.4. The minimum absolute atomic E-state index is 0.191. The van der Waals surface area contributed by atoms with E-state index in [0.29, 0.717) is 42.5 Å². The largest absolute Gasteiger partial charge is 0.494 e. The predicted molar refractivity (Wildman–Crippen MR) is 158 cm³/mol.